The lowest BCUT2D eigenvalue weighted by atomic mass is 10.2. The van der Waals surface area contributed by atoms with Crippen molar-refractivity contribution in [3.8, 4) is 0 Å². The Kier molecular flexibility index (Phi) is 3.83. The van der Waals surface area contributed by atoms with Gasteiger partial charge in [-0.05, 0) is 13.3 Å². The molecule has 0 aromatic carbocycles. The predicted octanol–water partition coefficient (Wildman–Crippen LogP) is 1.27. The van der Waals surface area contributed by atoms with E-state index in [-0.39, 0.29) is 11.5 Å². The number of carbonyl (C=O) groups excluding carboxylic acids is 1. The van der Waals surface area contributed by atoms with Gasteiger partial charge in [-0.1, -0.05) is 11.6 Å². The SMILES string of the molecule is CC(=O)CCCn1cc(Cl)cnc1=O. The van der Waals surface area contributed by atoms with E-state index in [9.17, 15) is 9.59 Å². The first-order chi connectivity index (χ1) is 6.59. The summed E-state index contributed by atoms with van der Waals surface area (Å²) < 4.78 is 1.41. The predicted molar refractivity (Wildman–Crippen MR) is 53.4 cm³/mol. The molecule has 76 valence electrons. The average molecular weight is 215 g/mol. The number of halogens is 1. The topological polar surface area (TPSA) is 52.0 Å². The number of hydrogen-bond donors (Lipinski definition) is 0. The molecule has 0 unspecified atom stereocenters. The van der Waals surface area contributed by atoms with Gasteiger partial charge in [-0.25, -0.2) is 9.78 Å². The molecule has 0 saturated carbocycles. The summed E-state index contributed by atoms with van der Waals surface area (Å²) >= 11 is 5.67. The van der Waals surface area contributed by atoms with Gasteiger partial charge in [0.1, 0.15) is 5.78 Å². The summed E-state index contributed by atoms with van der Waals surface area (Å²) in [6, 6.07) is 0. The Bertz CT molecular complexity index is 387. The van der Waals surface area contributed by atoms with Gasteiger partial charge in [-0.2, -0.15) is 0 Å². The van der Waals surface area contributed by atoms with Crippen molar-refractivity contribution in [1.29, 1.82) is 0 Å². The van der Waals surface area contributed by atoms with Crippen LogP contribution >= 0.6 is 11.6 Å². The third kappa shape index (κ3) is 3.30. The molecule has 0 bridgehead atoms. The summed E-state index contributed by atoms with van der Waals surface area (Å²) in [5.74, 6) is 0.119. The first kappa shape index (κ1) is 10.9. The molecule has 14 heavy (non-hydrogen) atoms. The molecular formula is C9H11ClN2O2. The molecule has 0 N–H and O–H groups in total. The van der Waals surface area contributed by atoms with Gasteiger partial charge >= 0.3 is 5.69 Å². The van der Waals surface area contributed by atoms with Crippen LogP contribution in [0.5, 0.6) is 0 Å². The number of rotatable bonds is 4. The van der Waals surface area contributed by atoms with Gasteiger partial charge in [-0.15, -0.1) is 0 Å². The second kappa shape index (κ2) is 4.91. The maximum Gasteiger partial charge on any atom is 0.347 e. The Hall–Kier alpha value is -1.16. The molecule has 0 fully saturated rings. The highest BCUT2D eigenvalue weighted by molar-refractivity contribution is 6.30. The van der Waals surface area contributed by atoms with Crippen molar-refractivity contribution < 1.29 is 4.79 Å². The molecule has 0 spiro atoms. The summed E-state index contributed by atoms with van der Waals surface area (Å²) in [5, 5.41) is 0.424. The van der Waals surface area contributed by atoms with Gasteiger partial charge in [0.25, 0.3) is 0 Å². The van der Waals surface area contributed by atoms with Crippen molar-refractivity contribution in [1.82, 2.24) is 9.55 Å². The van der Waals surface area contributed by atoms with Crippen LogP contribution in [0.4, 0.5) is 0 Å². The minimum atomic E-state index is -0.335. The van der Waals surface area contributed by atoms with Gasteiger partial charge < -0.3 is 4.79 Å². The monoisotopic (exact) mass is 214 g/mol. The lowest BCUT2D eigenvalue weighted by molar-refractivity contribution is -0.117. The summed E-state index contributed by atoms with van der Waals surface area (Å²) in [6.07, 6.45) is 3.94. The van der Waals surface area contributed by atoms with E-state index in [0.29, 0.717) is 24.4 Å². The van der Waals surface area contributed by atoms with E-state index >= 15 is 0 Å². The minimum absolute atomic E-state index is 0.119. The lowest BCUT2D eigenvalue weighted by Gasteiger charge is -2.03. The van der Waals surface area contributed by atoms with Crippen molar-refractivity contribution >= 4 is 17.4 Å². The van der Waals surface area contributed by atoms with Crippen molar-refractivity contribution in [3.05, 3.63) is 27.9 Å². The Morgan fingerprint density at radius 1 is 1.64 bits per heavy atom. The zero-order valence-corrected chi connectivity index (χ0v) is 8.62. The largest absolute Gasteiger partial charge is 0.347 e. The molecule has 0 aliphatic carbocycles. The molecule has 0 aliphatic rings. The molecule has 0 atom stereocenters. The van der Waals surface area contributed by atoms with E-state index in [1.165, 1.54) is 23.9 Å². The van der Waals surface area contributed by atoms with E-state index in [1.807, 2.05) is 0 Å². The number of aromatic nitrogens is 2. The van der Waals surface area contributed by atoms with Crippen LogP contribution in [-0.2, 0) is 11.3 Å². The molecule has 4 nitrogen and oxygen atoms in total. The van der Waals surface area contributed by atoms with Crippen LogP contribution in [0.3, 0.4) is 0 Å². The molecular weight excluding hydrogens is 204 g/mol. The van der Waals surface area contributed by atoms with Gasteiger partial charge in [0.2, 0.25) is 0 Å². The van der Waals surface area contributed by atoms with E-state index < -0.39 is 0 Å². The normalized spacial score (nSPS) is 10.1. The van der Waals surface area contributed by atoms with Gasteiger partial charge in [-0.3, -0.25) is 4.57 Å². The van der Waals surface area contributed by atoms with Crippen LogP contribution in [0, 0.1) is 0 Å². The standard InChI is InChI=1S/C9H11ClN2O2/c1-7(13)3-2-4-12-6-8(10)5-11-9(12)14/h5-6H,2-4H2,1H3. The summed E-state index contributed by atoms with van der Waals surface area (Å²) in [6.45, 7) is 2.00. The van der Waals surface area contributed by atoms with Gasteiger partial charge in [0.05, 0.1) is 11.2 Å². The van der Waals surface area contributed by atoms with Crippen molar-refractivity contribution in [2.75, 3.05) is 0 Å². The highest BCUT2D eigenvalue weighted by atomic mass is 35.5. The minimum Gasteiger partial charge on any atom is -0.300 e. The quantitative estimate of drug-likeness (QED) is 0.759. The Labute approximate surface area is 86.5 Å². The zero-order valence-electron chi connectivity index (χ0n) is 7.86. The van der Waals surface area contributed by atoms with Crippen LogP contribution in [-0.4, -0.2) is 15.3 Å². The highest BCUT2D eigenvalue weighted by Gasteiger charge is 1.99. The second-order valence-electron chi connectivity index (χ2n) is 3.05. The smallest absolute Gasteiger partial charge is 0.300 e. The van der Waals surface area contributed by atoms with E-state index in [2.05, 4.69) is 4.98 Å². The molecule has 0 radical (unpaired) electrons. The number of aryl methyl sites for hydroxylation is 1. The lowest BCUT2D eigenvalue weighted by Crippen LogP contribution is -2.22. The fourth-order valence-corrected chi connectivity index (χ4v) is 1.25. The molecule has 1 heterocycles. The molecule has 1 aromatic heterocycles. The fraction of sp³-hybridized carbons (Fsp3) is 0.444. The van der Waals surface area contributed by atoms with Crippen LogP contribution in [0.25, 0.3) is 0 Å². The Balaban J connectivity index is 2.62. The third-order valence-electron chi connectivity index (χ3n) is 1.75. The van der Waals surface area contributed by atoms with E-state index in [0.717, 1.165) is 0 Å². The van der Waals surface area contributed by atoms with Crippen LogP contribution in [0.15, 0.2) is 17.2 Å². The highest BCUT2D eigenvalue weighted by Crippen LogP contribution is 2.02. The Morgan fingerprint density at radius 2 is 2.36 bits per heavy atom. The van der Waals surface area contributed by atoms with Crippen LogP contribution < -0.4 is 5.69 Å². The zero-order chi connectivity index (χ0) is 10.6. The molecule has 0 saturated heterocycles. The van der Waals surface area contributed by atoms with Crippen molar-refractivity contribution in [2.24, 2.45) is 0 Å². The van der Waals surface area contributed by atoms with Gasteiger partial charge in [0.15, 0.2) is 0 Å². The number of Topliss-reactive ketones (excluding diaryl/α,β-unsaturated/α-hetero) is 1. The number of nitrogens with zero attached hydrogens (tertiary/aromatic N) is 2. The van der Waals surface area contributed by atoms with Crippen LogP contribution in [0.2, 0.25) is 5.02 Å². The van der Waals surface area contributed by atoms with Crippen molar-refractivity contribution in [2.45, 2.75) is 26.3 Å². The second-order valence-corrected chi connectivity index (χ2v) is 3.49. The first-order valence-electron chi connectivity index (χ1n) is 4.31. The number of hydrogen-bond acceptors (Lipinski definition) is 3. The first-order valence-corrected chi connectivity index (χ1v) is 4.69. The molecule has 1 aromatic rings. The van der Waals surface area contributed by atoms with Crippen LogP contribution in [0.1, 0.15) is 19.8 Å². The molecule has 5 heteroatoms. The summed E-state index contributed by atoms with van der Waals surface area (Å²) in [5.41, 5.74) is -0.335. The Morgan fingerprint density at radius 3 is 3.00 bits per heavy atom. The number of ketones is 1. The summed E-state index contributed by atoms with van der Waals surface area (Å²) in [4.78, 5) is 25.4. The number of carbonyl (C=O) groups is 1. The fourth-order valence-electron chi connectivity index (χ4n) is 1.09. The molecule has 1 rings (SSSR count). The van der Waals surface area contributed by atoms with E-state index in [1.54, 1.807) is 0 Å². The van der Waals surface area contributed by atoms with E-state index in [4.69, 9.17) is 11.6 Å². The maximum absolute atomic E-state index is 11.2. The third-order valence-corrected chi connectivity index (χ3v) is 1.95. The average Bonchev–Trinajstić information content (AvgIpc) is 2.10. The van der Waals surface area contributed by atoms with Crippen molar-refractivity contribution in [3.63, 3.8) is 0 Å². The molecule has 0 amide bonds. The molecule has 0 aliphatic heterocycles. The van der Waals surface area contributed by atoms with Gasteiger partial charge in [0, 0.05) is 19.2 Å². The maximum atomic E-state index is 11.2. The summed E-state index contributed by atoms with van der Waals surface area (Å²) in [7, 11) is 0.